The highest BCUT2D eigenvalue weighted by Crippen LogP contribution is 2.42. The zero-order valence-electron chi connectivity index (χ0n) is 18.8. The standard InChI is InChI=1S/C24H19F3N4O4S/c1-35-15-4-2-13(17(10-15)24(25,26)27)9-16(12-3-5-18-14(8-12)11-28-31-18)19-20(32)29-22(36-19)30-23(6-7-23)21(33)34/h2-5,8,10-11H,6-7,9H2,1H3,(H,28,31)(H,33,34)(H,29,30,32). The van der Waals surface area contributed by atoms with Crippen LogP contribution in [0.15, 0.2) is 52.5 Å². The predicted octanol–water partition coefficient (Wildman–Crippen LogP) is 4.38. The molecule has 1 aliphatic carbocycles. The summed E-state index contributed by atoms with van der Waals surface area (Å²) < 4.78 is 46.8. The monoisotopic (exact) mass is 516 g/mol. The topological polar surface area (TPSA) is 117 Å². The lowest BCUT2D eigenvalue weighted by Crippen LogP contribution is -2.41. The number of H-pyrrole nitrogens is 1. The molecular formula is C24H19F3N4O4S. The van der Waals surface area contributed by atoms with Crippen molar-refractivity contribution in [2.45, 2.75) is 31.0 Å². The number of nitrogens with one attached hydrogen (secondary N) is 2. The summed E-state index contributed by atoms with van der Waals surface area (Å²) in [6.07, 6.45) is -2.51. The Bertz CT molecular complexity index is 1460. The Morgan fingerprint density at radius 3 is 2.69 bits per heavy atom. The number of carbonyl (C=O) groups is 2. The Morgan fingerprint density at radius 1 is 1.25 bits per heavy atom. The van der Waals surface area contributed by atoms with Gasteiger partial charge in [-0.15, -0.1) is 0 Å². The summed E-state index contributed by atoms with van der Waals surface area (Å²) in [5, 5.41) is 19.9. The molecule has 0 unspecified atom stereocenters. The third kappa shape index (κ3) is 4.43. The van der Waals surface area contributed by atoms with Gasteiger partial charge in [0.2, 0.25) is 0 Å². The molecule has 1 aliphatic heterocycles. The molecule has 0 atom stereocenters. The van der Waals surface area contributed by atoms with Gasteiger partial charge in [-0.05, 0) is 72.0 Å². The first kappa shape index (κ1) is 23.9. The molecule has 36 heavy (non-hydrogen) atoms. The first-order chi connectivity index (χ1) is 17.1. The van der Waals surface area contributed by atoms with Gasteiger partial charge in [0.05, 0.1) is 29.3 Å². The molecule has 1 saturated carbocycles. The number of amides is 1. The van der Waals surface area contributed by atoms with Crippen molar-refractivity contribution in [3.8, 4) is 5.75 Å². The number of hydrogen-bond acceptors (Lipinski definition) is 6. The molecule has 0 spiro atoms. The van der Waals surface area contributed by atoms with Crippen LogP contribution in [0.25, 0.3) is 16.5 Å². The maximum Gasteiger partial charge on any atom is 0.416 e. The fraction of sp³-hybridized carbons (Fsp3) is 0.250. The number of carboxylic acids is 1. The van der Waals surface area contributed by atoms with Crippen molar-refractivity contribution in [3.05, 3.63) is 64.2 Å². The van der Waals surface area contributed by atoms with E-state index in [0.29, 0.717) is 29.4 Å². The average molecular weight is 517 g/mol. The summed E-state index contributed by atoms with van der Waals surface area (Å²) in [6, 6.07) is 8.84. The normalized spacial score (nSPS) is 18.2. The van der Waals surface area contributed by atoms with Crippen LogP contribution in [0.2, 0.25) is 0 Å². The number of rotatable bonds is 6. The number of nitrogens with zero attached hydrogens (tertiary/aromatic N) is 2. The van der Waals surface area contributed by atoms with E-state index in [4.69, 9.17) is 4.74 Å². The maximum absolute atomic E-state index is 13.9. The Kier molecular flexibility index (Phi) is 5.78. The molecule has 8 nitrogen and oxygen atoms in total. The van der Waals surface area contributed by atoms with Crippen molar-refractivity contribution in [2.75, 3.05) is 7.11 Å². The van der Waals surface area contributed by atoms with Crippen LogP contribution in [0, 0.1) is 0 Å². The highest BCUT2D eigenvalue weighted by atomic mass is 32.2. The van der Waals surface area contributed by atoms with Crippen molar-refractivity contribution in [2.24, 2.45) is 4.99 Å². The van der Waals surface area contributed by atoms with Crippen LogP contribution in [-0.2, 0) is 22.2 Å². The average Bonchev–Trinajstić information content (AvgIpc) is 3.31. The van der Waals surface area contributed by atoms with E-state index in [1.807, 2.05) is 0 Å². The van der Waals surface area contributed by atoms with Gasteiger partial charge >= 0.3 is 12.1 Å². The first-order valence-corrected chi connectivity index (χ1v) is 11.6. The number of alkyl halides is 3. The number of aliphatic carboxylic acids is 1. The van der Waals surface area contributed by atoms with Gasteiger partial charge in [-0.2, -0.15) is 23.3 Å². The third-order valence-corrected chi connectivity index (χ3v) is 7.17. The van der Waals surface area contributed by atoms with Crippen LogP contribution in [-0.4, -0.2) is 45.0 Å². The fourth-order valence-corrected chi connectivity index (χ4v) is 5.02. The van der Waals surface area contributed by atoms with Crippen molar-refractivity contribution in [1.82, 2.24) is 15.5 Å². The van der Waals surface area contributed by atoms with Crippen LogP contribution < -0.4 is 10.1 Å². The van der Waals surface area contributed by atoms with Gasteiger partial charge < -0.3 is 15.2 Å². The zero-order chi connectivity index (χ0) is 25.7. The van der Waals surface area contributed by atoms with E-state index >= 15 is 0 Å². The molecule has 5 rings (SSSR count). The molecule has 3 aromatic rings. The van der Waals surface area contributed by atoms with Crippen LogP contribution in [0.1, 0.15) is 29.5 Å². The summed E-state index contributed by atoms with van der Waals surface area (Å²) in [6.45, 7) is 0. The van der Waals surface area contributed by atoms with E-state index in [0.717, 1.165) is 23.3 Å². The van der Waals surface area contributed by atoms with Crippen LogP contribution in [0.5, 0.6) is 5.75 Å². The van der Waals surface area contributed by atoms with E-state index in [1.54, 1.807) is 24.4 Å². The zero-order valence-corrected chi connectivity index (χ0v) is 19.6. The van der Waals surface area contributed by atoms with E-state index in [1.165, 1.54) is 19.2 Å². The fourth-order valence-electron chi connectivity index (χ4n) is 4.01. The van der Waals surface area contributed by atoms with Gasteiger partial charge in [-0.3, -0.25) is 9.89 Å². The number of benzene rings is 2. The molecule has 1 amide bonds. The summed E-state index contributed by atoms with van der Waals surface area (Å²) in [4.78, 5) is 28.6. The quantitative estimate of drug-likeness (QED) is 0.417. The minimum Gasteiger partial charge on any atom is -0.497 e. The number of fused-ring (bicyclic) bond motifs is 1. The second-order valence-corrected chi connectivity index (χ2v) is 9.51. The number of aromatic nitrogens is 2. The van der Waals surface area contributed by atoms with Crippen LogP contribution in [0.3, 0.4) is 0 Å². The summed E-state index contributed by atoms with van der Waals surface area (Å²) in [5.74, 6) is -1.63. The summed E-state index contributed by atoms with van der Waals surface area (Å²) in [7, 11) is 1.28. The molecule has 0 saturated heterocycles. The SMILES string of the molecule is COc1ccc(CC(=C2SC(NC3(C(=O)O)CC3)=NC2=O)c2ccc3[nH]ncc3c2)c(C(F)(F)F)c1. The number of thioether (sulfide) groups is 1. The number of aliphatic imine (C=N–C) groups is 1. The highest BCUT2D eigenvalue weighted by Gasteiger charge is 2.52. The number of carboxylic acid groups (broad SMARTS) is 1. The first-order valence-electron chi connectivity index (χ1n) is 10.8. The molecule has 3 N–H and O–H groups in total. The third-order valence-electron chi connectivity index (χ3n) is 6.15. The van der Waals surface area contributed by atoms with Gasteiger partial charge in [-0.25, -0.2) is 4.79 Å². The second-order valence-electron chi connectivity index (χ2n) is 8.51. The number of halogens is 3. The van der Waals surface area contributed by atoms with Crippen LogP contribution in [0.4, 0.5) is 13.2 Å². The number of allylic oxidation sites excluding steroid dienone is 1. The Balaban J connectivity index is 1.59. The van der Waals surface area contributed by atoms with E-state index in [-0.39, 0.29) is 27.8 Å². The van der Waals surface area contributed by atoms with Crippen molar-refractivity contribution < 1.29 is 32.6 Å². The molecule has 186 valence electrons. The Labute approximate surface area is 206 Å². The summed E-state index contributed by atoms with van der Waals surface area (Å²) in [5.41, 5.74) is -0.496. The maximum atomic E-state index is 13.9. The largest absolute Gasteiger partial charge is 0.497 e. The number of amidine groups is 1. The Hall–Kier alpha value is -3.80. The van der Waals surface area contributed by atoms with E-state index < -0.39 is 29.2 Å². The minimum absolute atomic E-state index is 0.0444. The van der Waals surface area contributed by atoms with Gasteiger partial charge in [0.15, 0.2) is 5.17 Å². The summed E-state index contributed by atoms with van der Waals surface area (Å²) >= 11 is 0.930. The minimum atomic E-state index is -4.65. The molecular weight excluding hydrogens is 497 g/mol. The smallest absolute Gasteiger partial charge is 0.416 e. The molecule has 0 bridgehead atoms. The van der Waals surface area contributed by atoms with Crippen molar-refractivity contribution >= 4 is 45.3 Å². The van der Waals surface area contributed by atoms with E-state index in [2.05, 4.69) is 20.5 Å². The van der Waals surface area contributed by atoms with Crippen molar-refractivity contribution in [3.63, 3.8) is 0 Å². The molecule has 2 heterocycles. The lowest BCUT2D eigenvalue weighted by Gasteiger charge is -2.17. The molecule has 2 aliphatic rings. The van der Waals surface area contributed by atoms with Gasteiger partial charge in [-0.1, -0.05) is 12.1 Å². The van der Waals surface area contributed by atoms with Gasteiger partial charge in [0.1, 0.15) is 11.3 Å². The molecule has 12 heteroatoms. The number of methoxy groups -OCH3 is 1. The second kappa shape index (κ2) is 8.70. The molecule has 0 radical (unpaired) electrons. The van der Waals surface area contributed by atoms with E-state index in [9.17, 15) is 27.9 Å². The number of carbonyl (C=O) groups excluding carboxylic acids is 1. The van der Waals surface area contributed by atoms with Crippen molar-refractivity contribution in [1.29, 1.82) is 0 Å². The molecule has 2 aromatic carbocycles. The lowest BCUT2D eigenvalue weighted by atomic mass is 9.93. The Morgan fingerprint density at radius 2 is 2.03 bits per heavy atom. The van der Waals surface area contributed by atoms with Gasteiger partial charge in [0.25, 0.3) is 5.91 Å². The van der Waals surface area contributed by atoms with Crippen LogP contribution >= 0.6 is 11.8 Å². The highest BCUT2D eigenvalue weighted by molar-refractivity contribution is 8.18. The molecule has 1 fully saturated rings. The number of aromatic amines is 1. The number of ether oxygens (including phenoxy) is 1. The number of hydrogen-bond donors (Lipinski definition) is 3. The lowest BCUT2D eigenvalue weighted by molar-refractivity contribution is -0.140. The predicted molar refractivity (Wildman–Crippen MR) is 127 cm³/mol. The van der Waals surface area contributed by atoms with Gasteiger partial charge in [0, 0.05) is 5.39 Å². The molecule has 1 aromatic heterocycles.